The van der Waals surface area contributed by atoms with Crippen LogP contribution in [0.3, 0.4) is 0 Å². The SMILES string of the molecule is CCc1cccc(CC)c1NC(Cl)(OC)C(C)=O. The maximum absolute atomic E-state index is 11.6. The molecule has 1 unspecified atom stereocenters. The molecule has 0 aliphatic heterocycles. The van der Waals surface area contributed by atoms with Crippen molar-refractivity contribution in [1.29, 1.82) is 0 Å². The number of carbonyl (C=O) groups excluding carboxylic acids is 1. The quantitative estimate of drug-likeness (QED) is 0.489. The van der Waals surface area contributed by atoms with Gasteiger partial charge in [-0.15, -0.1) is 0 Å². The van der Waals surface area contributed by atoms with Crippen LogP contribution < -0.4 is 5.32 Å². The molecule has 0 heterocycles. The molecule has 0 spiro atoms. The Balaban J connectivity index is 3.20. The topological polar surface area (TPSA) is 38.3 Å². The van der Waals surface area contributed by atoms with Gasteiger partial charge in [-0.05, 0) is 24.0 Å². The number of benzene rings is 1. The zero-order valence-corrected chi connectivity index (χ0v) is 12.1. The summed E-state index contributed by atoms with van der Waals surface area (Å²) in [6.45, 7) is 5.54. The third-order valence-corrected chi connectivity index (χ3v) is 3.53. The molecule has 0 radical (unpaired) electrons. The van der Waals surface area contributed by atoms with Gasteiger partial charge in [0, 0.05) is 19.7 Å². The van der Waals surface area contributed by atoms with Gasteiger partial charge >= 0.3 is 0 Å². The average Bonchev–Trinajstić information content (AvgIpc) is 2.38. The number of ketones is 1. The van der Waals surface area contributed by atoms with E-state index in [0.29, 0.717) is 0 Å². The van der Waals surface area contributed by atoms with Crippen molar-refractivity contribution >= 4 is 23.1 Å². The van der Waals surface area contributed by atoms with Gasteiger partial charge in [0.25, 0.3) is 5.18 Å². The lowest BCUT2D eigenvalue weighted by atomic mass is 10.0. The molecule has 0 saturated heterocycles. The molecule has 1 aromatic carbocycles. The third-order valence-electron chi connectivity index (χ3n) is 3.02. The highest BCUT2D eigenvalue weighted by Gasteiger charge is 2.33. The zero-order valence-electron chi connectivity index (χ0n) is 11.3. The second-order valence-electron chi connectivity index (χ2n) is 4.14. The van der Waals surface area contributed by atoms with Crippen molar-refractivity contribution in [3.63, 3.8) is 0 Å². The zero-order chi connectivity index (χ0) is 13.8. The summed E-state index contributed by atoms with van der Waals surface area (Å²) in [4.78, 5) is 11.6. The van der Waals surface area contributed by atoms with Gasteiger partial charge in [0.1, 0.15) is 0 Å². The van der Waals surface area contributed by atoms with Crippen LogP contribution in [0.25, 0.3) is 0 Å². The Kier molecular flexibility index (Phi) is 5.17. The summed E-state index contributed by atoms with van der Waals surface area (Å²) < 4.78 is 5.11. The Labute approximate surface area is 113 Å². The maximum Gasteiger partial charge on any atom is 0.277 e. The number of aryl methyl sites for hydroxylation is 2. The van der Waals surface area contributed by atoms with Gasteiger partial charge in [0.15, 0.2) is 5.78 Å². The smallest absolute Gasteiger partial charge is 0.277 e. The van der Waals surface area contributed by atoms with Crippen LogP contribution in [0.5, 0.6) is 0 Å². The van der Waals surface area contributed by atoms with Gasteiger partial charge in [-0.3, -0.25) is 4.79 Å². The summed E-state index contributed by atoms with van der Waals surface area (Å²) in [5.41, 5.74) is 3.14. The predicted octanol–water partition coefficient (Wildman–Crippen LogP) is 3.35. The average molecular weight is 270 g/mol. The molecule has 0 aliphatic rings. The molecule has 1 rings (SSSR count). The Morgan fingerprint density at radius 3 is 2.17 bits per heavy atom. The molecule has 18 heavy (non-hydrogen) atoms. The number of methoxy groups -OCH3 is 1. The summed E-state index contributed by atoms with van der Waals surface area (Å²) in [5, 5.41) is 1.55. The van der Waals surface area contributed by atoms with E-state index in [1.54, 1.807) is 0 Å². The van der Waals surface area contributed by atoms with Crippen molar-refractivity contribution < 1.29 is 9.53 Å². The molecule has 0 bridgehead atoms. The third kappa shape index (κ3) is 3.03. The van der Waals surface area contributed by atoms with Crippen molar-refractivity contribution in [3.05, 3.63) is 29.3 Å². The molecule has 1 aromatic rings. The first-order valence-corrected chi connectivity index (χ1v) is 6.50. The van der Waals surface area contributed by atoms with E-state index in [1.165, 1.54) is 14.0 Å². The molecular weight excluding hydrogens is 250 g/mol. The van der Waals surface area contributed by atoms with Crippen LogP contribution in [0.1, 0.15) is 31.9 Å². The number of halogens is 1. The fraction of sp³-hybridized carbons (Fsp3) is 0.500. The normalized spacial score (nSPS) is 14.1. The van der Waals surface area contributed by atoms with Gasteiger partial charge < -0.3 is 10.1 Å². The van der Waals surface area contributed by atoms with E-state index in [4.69, 9.17) is 16.3 Å². The molecule has 0 saturated carbocycles. The second kappa shape index (κ2) is 6.21. The molecule has 3 nitrogen and oxygen atoms in total. The Bertz CT molecular complexity index is 412. The van der Waals surface area contributed by atoms with Crippen LogP contribution in [-0.4, -0.2) is 18.1 Å². The van der Waals surface area contributed by atoms with Crippen LogP contribution in [-0.2, 0) is 22.4 Å². The van der Waals surface area contributed by atoms with E-state index in [9.17, 15) is 4.79 Å². The summed E-state index contributed by atoms with van der Waals surface area (Å²) in [6, 6.07) is 6.06. The van der Waals surface area contributed by atoms with Gasteiger partial charge in [0.2, 0.25) is 0 Å². The standard InChI is InChI=1S/C14H20ClNO2/c1-5-11-8-7-9-12(6-2)13(11)16-14(15,18-4)10(3)17/h7-9,16H,5-6H2,1-4H3. The van der Waals surface area contributed by atoms with Crippen molar-refractivity contribution in [2.45, 2.75) is 38.8 Å². The lowest BCUT2D eigenvalue weighted by Gasteiger charge is -2.27. The molecule has 4 heteroatoms. The highest BCUT2D eigenvalue weighted by atomic mass is 35.5. The van der Waals surface area contributed by atoms with Gasteiger partial charge in [-0.25, -0.2) is 0 Å². The van der Waals surface area contributed by atoms with E-state index in [0.717, 1.165) is 29.7 Å². The van der Waals surface area contributed by atoms with E-state index in [-0.39, 0.29) is 5.78 Å². The number of hydrogen-bond acceptors (Lipinski definition) is 3. The van der Waals surface area contributed by atoms with E-state index in [2.05, 4.69) is 19.2 Å². The monoisotopic (exact) mass is 269 g/mol. The van der Waals surface area contributed by atoms with E-state index >= 15 is 0 Å². The lowest BCUT2D eigenvalue weighted by Crippen LogP contribution is -2.41. The minimum atomic E-state index is -1.49. The molecule has 0 aliphatic carbocycles. The van der Waals surface area contributed by atoms with Crippen molar-refractivity contribution in [3.8, 4) is 0 Å². The molecule has 0 amide bonds. The number of para-hydroxylation sites is 1. The maximum atomic E-state index is 11.6. The number of ether oxygens (including phenoxy) is 1. The number of alkyl halides is 1. The summed E-state index contributed by atoms with van der Waals surface area (Å²) in [5.74, 6) is -0.264. The predicted molar refractivity (Wildman–Crippen MR) is 75.1 cm³/mol. The Morgan fingerprint density at radius 1 is 1.33 bits per heavy atom. The minimum Gasteiger partial charge on any atom is -0.340 e. The molecule has 1 N–H and O–H groups in total. The molecule has 100 valence electrons. The number of carbonyl (C=O) groups is 1. The molecule has 1 atom stereocenters. The first-order chi connectivity index (χ1) is 8.48. The lowest BCUT2D eigenvalue weighted by molar-refractivity contribution is -0.128. The first kappa shape index (κ1) is 15.0. The molecular formula is C14H20ClNO2. The summed E-state index contributed by atoms with van der Waals surface area (Å²) >= 11 is 6.17. The minimum absolute atomic E-state index is 0.264. The van der Waals surface area contributed by atoms with Gasteiger partial charge in [-0.1, -0.05) is 43.6 Å². The van der Waals surface area contributed by atoms with Crippen molar-refractivity contribution in [2.75, 3.05) is 12.4 Å². The molecule has 0 aromatic heterocycles. The second-order valence-corrected chi connectivity index (χ2v) is 4.67. The first-order valence-electron chi connectivity index (χ1n) is 6.12. The van der Waals surface area contributed by atoms with Crippen LogP contribution in [0.15, 0.2) is 18.2 Å². The van der Waals surface area contributed by atoms with Crippen LogP contribution in [0.2, 0.25) is 0 Å². The highest BCUT2D eigenvalue weighted by Crippen LogP contribution is 2.28. The van der Waals surface area contributed by atoms with Crippen molar-refractivity contribution in [2.24, 2.45) is 0 Å². The number of nitrogens with one attached hydrogen (secondary N) is 1. The fourth-order valence-electron chi connectivity index (χ4n) is 1.85. The number of anilines is 1. The van der Waals surface area contributed by atoms with Gasteiger partial charge in [0.05, 0.1) is 0 Å². The van der Waals surface area contributed by atoms with E-state index in [1.807, 2.05) is 18.2 Å². The number of rotatable bonds is 6. The summed E-state index contributed by atoms with van der Waals surface area (Å²) in [6.07, 6.45) is 1.73. The fourth-order valence-corrected chi connectivity index (χ4v) is 1.94. The van der Waals surface area contributed by atoms with Crippen LogP contribution in [0.4, 0.5) is 5.69 Å². The largest absolute Gasteiger partial charge is 0.340 e. The number of hydrogen-bond donors (Lipinski definition) is 1. The van der Waals surface area contributed by atoms with Crippen LogP contribution in [0, 0.1) is 0 Å². The number of Topliss-reactive ketones (excluding diaryl/α,β-unsaturated/α-hetero) is 1. The van der Waals surface area contributed by atoms with Crippen LogP contribution >= 0.6 is 11.6 Å². The van der Waals surface area contributed by atoms with Crippen molar-refractivity contribution in [1.82, 2.24) is 0 Å². The Morgan fingerprint density at radius 2 is 1.83 bits per heavy atom. The molecule has 0 fully saturated rings. The summed E-state index contributed by atoms with van der Waals surface area (Å²) in [7, 11) is 1.42. The van der Waals surface area contributed by atoms with Gasteiger partial charge in [-0.2, -0.15) is 0 Å². The highest BCUT2D eigenvalue weighted by molar-refractivity contribution is 6.34. The Hall–Kier alpha value is -1.06. The van der Waals surface area contributed by atoms with E-state index < -0.39 is 5.18 Å².